The molecule has 1 atom stereocenters. The van der Waals surface area contributed by atoms with Crippen molar-refractivity contribution in [3.8, 4) is 11.8 Å². The monoisotopic (exact) mass is 493 g/mol. The van der Waals surface area contributed by atoms with Crippen molar-refractivity contribution in [1.29, 1.82) is 5.26 Å². The number of piperazine rings is 1. The molecule has 0 aliphatic carbocycles. The third-order valence-electron chi connectivity index (χ3n) is 6.40. The van der Waals surface area contributed by atoms with E-state index in [2.05, 4.69) is 15.7 Å². The first-order chi connectivity index (χ1) is 17.5. The highest BCUT2D eigenvalue weighted by Crippen LogP contribution is 2.25. The minimum Gasteiger partial charge on any atom is -0.497 e. The van der Waals surface area contributed by atoms with Crippen LogP contribution in [0.5, 0.6) is 5.75 Å². The highest BCUT2D eigenvalue weighted by Gasteiger charge is 2.24. The fraction of sp³-hybridized carbons (Fsp3) is 0.464. The lowest BCUT2D eigenvalue weighted by Gasteiger charge is -2.36. The van der Waals surface area contributed by atoms with Gasteiger partial charge in [0.15, 0.2) is 0 Å². The number of carbonyl (C=O) groups excluding carboxylic acids is 2. The molecule has 1 unspecified atom stereocenters. The average molecular weight is 494 g/mol. The first-order valence-electron chi connectivity index (χ1n) is 12.3. The van der Waals surface area contributed by atoms with Crippen LogP contribution in [0.2, 0.25) is 0 Å². The first-order valence-corrected chi connectivity index (χ1v) is 12.3. The topological polar surface area (TPSA) is 92.1 Å². The minimum absolute atomic E-state index is 0.140. The van der Waals surface area contributed by atoms with Gasteiger partial charge in [0.05, 0.1) is 38.6 Å². The summed E-state index contributed by atoms with van der Waals surface area (Å²) in [5.41, 5.74) is 2.66. The van der Waals surface area contributed by atoms with E-state index in [1.54, 1.807) is 19.2 Å². The highest BCUT2D eigenvalue weighted by atomic mass is 16.5. The molecule has 2 aromatic carbocycles. The van der Waals surface area contributed by atoms with Crippen LogP contribution in [-0.4, -0.2) is 68.6 Å². The lowest BCUT2D eigenvalue weighted by molar-refractivity contribution is -0.141. The molecule has 1 heterocycles. The fourth-order valence-corrected chi connectivity index (χ4v) is 4.19. The van der Waals surface area contributed by atoms with Gasteiger partial charge in [0.1, 0.15) is 5.75 Å². The molecule has 0 spiro atoms. The van der Waals surface area contributed by atoms with Gasteiger partial charge in [-0.1, -0.05) is 24.3 Å². The number of hydrogen-bond acceptors (Lipinski definition) is 7. The maximum atomic E-state index is 12.6. The number of amides is 1. The molecule has 3 rings (SSSR count). The SMILES string of the molecule is COC(=O)CCCCC(=O)N1CCN(CC(OCc2ccc(C#N)cc2)c2cccc(OC)c2)CC1. The molecule has 1 fully saturated rings. The molecule has 192 valence electrons. The van der Waals surface area contributed by atoms with Gasteiger partial charge in [0, 0.05) is 45.6 Å². The molecule has 2 aromatic rings. The second-order valence-corrected chi connectivity index (χ2v) is 8.85. The molecule has 1 saturated heterocycles. The summed E-state index contributed by atoms with van der Waals surface area (Å²) in [6, 6.07) is 17.5. The summed E-state index contributed by atoms with van der Waals surface area (Å²) in [7, 11) is 3.03. The van der Waals surface area contributed by atoms with Gasteiger partial charge in [0.2, 0.25) is 5.91 Å². The van der Waals surface area contributed by atoms with Crippen molar-refractivity contribution in [1.82, 2.24) is 9.80 Å². The van der Waals surface area contributed by atoms with E-state index in [1.165, 1.54) is 7.11 Å². The number of esters is 1. The maximum Gasteiger partial charge on any atom is 0.305 e. The van der Waals surface area contributed by atoms with Crippen LogP contribution >= 0.6 is 0 Å². The zero-order valence-corrected chi connectivity index (χ0v) is 21.2. The van der Waals surface area contributed by atoms with Gasteiger partial charge in [-0.3, -0.25) is 14.5 Å². The number of carbonyl (C=O) groups is 2. The number of nitriles is 1. The number of hydrogen-bond donors (Lipinski definition) is 0. The predicted molar refractivity (Wildman–Crippen MR) is 135 cm³/mol. The number of nitrogens with zero attached hydrogens (tertiary/aromatic N) is 3. The van der Waals surface area contributed by atoms with Gasteiger partial charge in [-0.15, -0.1) is 0 Å². The summed E-state index contributed by atoms with van der Waals surface area (Å²) in [6.07, 6.45) is 1.99. The third kappa shape index (κ3) is 8.36. The molecular formula is C28H35N3O5. The molecule has 0 saturated carbocycles. The Bertz CT molecular complexity index is 1030. The van der Waals surface area contributed by atoms with E-state index in [4.69, 9.17) is 14.7 Å². The number of benzene rings is 2. The van der Waals surface area contributed by atoms with E-state index in [9.17, 15) is 9.59 Å². The van der Waals surface area contributed by atoms with Crippen molar-refractivity contribution in [3.63, 3.8) is 0 Å². The van der Waals surface area contributed by atoms with Gasteiger partial charge in [-0.25, -0.2) is 0 Å². The lowest BCUT2D eigenvalue weighted by Crippen LogP contribution is -2.49. The van der Waals surface area contributed by atoms with Crippen molar-refractivity contribution in [2.24, 2.45) is 0 Å². The first kappa shape index (κ1) is 27.2. The van der Waals surface area contributed by atoms with Crippen LogP contribution in [0, 0.1) is 11.3 Å². The van der Waals surface area contributed by atoms with Crippen LogP contribution in [0.25, 0.3) is 0 Å². The Balaban J connectivity index is 1.54. The quantitative estimate of drug-likeness (QED) is 0.329. The number of ether oxygens (including phenoxy) is 3. The molecule has 0 bridgehead atoms. The molecular weight excluding hydrogens is 458 g/mol. The lowest BCUT2D eigenvalue weighted by atomic mass is 10.1. The Morgan fingerprint density at radius 1 is 1.00 bits per heavy atom. The predicted octanol–water partition coefficient (Wildman–Crippen LogP) is 3.70. The Hall–Kier alpha value is -3.41. The van der Waals surface area contributed by atoms with Crippen molar-refractivity contribution >= 4 is 11.9 Å². The van der Waals surface area contributed by atoms with Gasteiger partial charge in [-0.05, 0) is 48.2 Å². The van der Waals surface area contributed by atoms with Crippen molar-refractivity contribution in [2.45, 2.75) is 38.4 Å². The van der Waals surface area contributed by atoms with Gasteiger partial charge < -0.3 is 19.1 Å². The molecule has 1 aliphatic heterocycles. The van der Waals surface area contributed by atoms with Crippen LogP contribution in [0.15, 0.2) is 48.5 Å². The molecule has 8 nitrogen and oxygen atoms in total. The largest absolute Gasteiger partial charge is 0.497 e. The van der Waals surface area contributed by atoms with Gasteiger partial charge in [0.25, 0.3) is 0 Å². The average Bonchev–Trinajstić information content (AvgIpc) is 2.93. The molecule has 0 N–H and O–H groups in total. The van der Waals surface area contributed by atoms with Crippen LogP contribution in [0.1, 0.15) is 48.5 Å². The highest BCUT2D eigenvalue weighted by molar-refractivity contribution is 5.76. The van der Waals surface area contributed by atoms with E-state index in [-0.39, 0.29) is 18.0 Å². The normalized spacial score (nSPS) is 14.6. The molecule has 36 heavy (non-hydrogen) atoms. The Morgan fingerprint density at radius 3 is 2.39 bits per heavy atom. The summed E-state index contributed by atoms with van der Waals surface area (Å²) in [5.74, 6) is 0.686. The standard InChI is InChI=1S/C28H35N3O5/c1-34-25-7-5-6-24(18-25)26(36-21-23-12-10-22(19-29)11-13-23)20-30-14-16-31(17-15-30)27(32)8-3-4-9-28(33)35-2/h5-7,10-13,18,26H,3-4,8-9,14-17,20-21H2,1-2H3. The Morgan fingerprint density at radius 2 is 1.72 bits per heavy atom. The van der Waals surface area contributed by atoms with Crippen molar-refractivity contribution in [2.75, 3.05) is 46.9 Å². The van der Waals surface area contributed by atoms with E-state index in [0.29, 0.717) is 57.5 Å². The van der Waals surface area contributed by atoms with Crippen LogP contribution in [-0.2, 0) is 25.7 Å². The van der Waals surface area contributed by atoms with Crippen molar-refractivity contribution in [3.05, 3.63) is 65.2 Å². The molecule has 1 aliphatic rings. The zero-order valence-electron chi connectivity index (χ0n) is 21.2. The minimum atomic E-state index is -0.233. The van der Waals surface area contributed by atoms with Gasteiger partial charge >= 0.3 is 5.97 Å². The molecule has 0 aromatic heterocycles. The Kier molecular flexibility index (Phi) is 10.7. The van der Waals surface area contributed by atoms with E-state index in [1.807, 2.05) is 41.3 Å². The molecule has 0 radical (unpaired) electrons. The van der Waals surface area contributed by atoms with Crippen LogP contribution in [0.3, 0.4) is 0 Å². The summed E-state index contributed by atoms with van der Waals surface area (Å²) < 4.78 is 16.4. The van der Waals surface area contributed by atoms with Crippen LogP contribution in [0.4, 0.5) is 0 Å². The molecule has 8 heteroatoms. The summed E-state index contributed by atoms with van der Waals surface area (Å²) in [6.45, 7) is 4.03. The number of unbranched alkanes of at least 4 members (excludes halogenated alkanes) is 1. The summed E-state index contributed by atoms with van der Waals surface area (Å²) in [4.78, 5) is 28.0. The van der Waals surface area contributed by atoms with Crippen molar-refractivity contribution < 1.29 is 23.8 Å². The summed E-state index contributed by atoms with van der Waals surface area (Å²) in [5, 5.41) is 9.02. The Labute approximate surface area is 213 Å². The molecule has 1 amide bonds. The van der Waals surface area contributed by atoms with E-state index < -0.39 is 0 Å². The smallest absolute Gasteiger partial charge is 0.305 e. The summed E-state index contributed by atoms with van der Waals surface area (Å²) >= 11 is 0. The van der Waals surface area contributed by atoms with Crippen LogP contribution < -0.4 is 4.74 Å². The number of methoxy groups -OCH3 is 2. The van der Waals surface area contributed by atoms with Gasteiger partial charge in [-0.2, -0.15) is 5.26 Å². The van der Waals surface area contributed by atoms with E-state index >= 15 is 0 Å². The van der Waals surface area contributed by atoms with E-state index in [0.717, 1.165) is 30.0 Å². The second-order valence-electron chi connectivity index (χ2n) is 8.85. The maximum absolute atomic E-state index is 12.6. The number of rotatable bonds is 12. The zero-order chi connectivity index (χ0) is 25.8. The second kappa shape index (κ2) is 14.2. The third-order valence-corrected chi connectivity index (χ3v) is 6.40. The fourth-order valence-electron chi connectivity index (χ4n) is 4.19.